The molecular formula is C21H16Cl2N4S2. The lowest BCUT2D eigenvalue weighted by molar-refractivity contribution is 0.881. The molecule has 0 radical (unpaired) electrons. The second-order valence-corrected chi connectivity index (χ2v) is 8.93. The Morgan fingerprint density at radius 2 is 1.41 bits per heavy atom. The molecule has 4 rings (SSSR count). The van der Waals surface area contributed by atoms with E-state index in [0.717, 1.165) is 36.3 Å². The second kappa shape index (κ2) is 9.67. The Morgan fingerprint density at radius 1 is 0.759 bits per heavy atom. The second-order valence-electron chi connectivity index (χ2n) is 6.16. The van der Waals surface area contributed by atoms with E-state index >= 15 is 0 Å². The first-order valence-corrected chi connectivity index (χ1v) is 11.5. The fraction of sp³-hybridized carbons (Fsp3) is 0.0952. The topological polar surface area (TPSA) is 54.5 Å². The van der Waals surface area contributed by atoms with Crippen LogP contribution in [0.1, 0.15) is 11.1 Å². The van der Waals surface area contributed by atoms with E-state index in [1.54, 1.807) is 23.5 Å². The number of nitrogens with zero attached hydrogens (tertiary/aromatic N) is 3. The summed E-state index contributed by atoms with van der Waals surface area (Å²) in [4.78, 5) is 4.53. The van der Waals surface area contributed by atoms with E-state index in [1.165, 1.54) is 0 Å². The highest BCUT2D eigenvalue weighted by atomic mass is 35.5. The fourth-order valence-corrected chi connectivity index (χ4v) is 5.19. The third-order valence-corrected chi connectivity index (χ3v) is 6.97. The van der Waals surface area contributed by atoms with Gasteiger partial charge in [-0.25, -0.2) is 0 Å². The molecule has 0 aliphatic carbocycles. The van der Waals surface area contributed by atoms with Crippen LogP contribution in [0.3, 0.4) is 0 Å². The molecular weight excluding hydrogens is 443 g/mol. The molecule has 0 spiro atoms. The highest BCUT2D eigenvalue weighted by Crippen LogP contribution is 2.41. The van der Waals surface area contributed by atoms with E-state index in [9.17, 15) is 0 Å². The lowest BCUT2D eigenvalue weighted by Crippen LogP contribution is -1.87. The quantitative estimate of drug-likeness (QED) is 0.314. The Morgan fingerprint density at radius 3 is 2.00 bits per heavy atom. The van der Waals surface area contributed by atoms with Crippen LogP contribution in [0.2, 0.25) is 0 Å². The van der Waals surface area contributed by atoms with Crippen molar-refractivity contribution in [1.29, 1.82) is 0 Å². The minimum Gasteiger partial charge on any atom is -0.177 e. The van der Waals surface area contributed by atoms with Crippen molar-refractivity contribution in [3.05, 3.63) is 77.9 Å². The van der Waals surface area contributed by atoms with Crippen molar-refractivity contribution in [1.82, 2.24) is 20.6 Å². The molecule has 1 heterocycles. The summed E-state index contributed by atoms with van der Waals surface area (Å²) in [5.74, 6) is 1.56. The first-order valence-electron chi connectivity index (χ1n) is 8.78. The Balaban J connectivity index is 1.71. The molecule has 0 fully saturated rings. The Labute approximate surface area is 187 Å². The first kappa shape index (κ1) is 20.3. The summed E-state index contributed by atoms with van der Waals surface area (Å²) in [6.07, 6.45) is 0. The number of benzene rings is 3. The van der Waals surface area contributed by atoms with Gasteiger partial charge in [0.05, 0.1) is 0 Å². The number of alkyl halides is 2. The van der Waals surface area contributed by atoms with E-state index in [2.05, 4.69) is 57.0 Å². The molecule has 0 aliphatic heterocycles. The van der Waals surface area contributed by atoms with Gasteiger partial charge in [0.2, 0.25) is 5.82 Å². The van der Waals surface area contributed by atoms with Gasteiger partial charge in [-0.2, -0.15) is 5.21 Å². The maximum absolute atomic E-state index is 6.01. The zero-order chi connectivity index (χ0) is 20.1. The molecule has 146 valence electrons. The van der Waals surface area contributed by atoms with Crippen molar-refractivity contribution in [3.63, 3.8) is 0 Å². The molecule has 0 saturated heterocycles. The number of aromatic nitrogens is 4. The third kappa shape index (κ3) is 5.14. The van der Waals surface area contributed by atoms with Crippen LogP contribution in [0, 0.1) is 0 Å². The molecule has 0 bridgehead atoms. The lowest BCUT2D eigenvalue weighted by Gasteiger charge is -2.11. The van der Waals surface area contributed by atoms with Gasteiger partial charge in [0.25, 0.3) is 0 Å². The number of halogens is 2. The number of tetrazole rings is 1. The SMILES string of the molecule is ClCc1cccc(Sc2ccc(-c3nn[nH]n3)cc2Sc2cccc(CCl)c2)c1. The van der Waals surface area contributed by atoms with Crippen LogP contribution in [-0.2, 0) is 11.8 Å². The summed E-state index contributed by atoms with van der Waals surface area (Å²) in [5.41, 5.74) is 3.10. The van der Waals surface area contributed by atoms with Crippen molar-refractivity contribution in [2.75, 3.05) is 0 Å². The van der Waals surface area contributed by atoms with Gasteiger partial charge < -0.3 is 0 Å². The third-order valence-electron chi connectivity index (χ3n) is 4.11. The predicted molar refractivity (Wildman–Crippen MR) is 120 cm³/mol. The van der Waals surface area contributed by atoms with Crippen LogP contribution in [0.5, 0.6) is 0 Å². The minimum atomic E-state index is 0.490. The standard InChI is InChI=1S/C21H16Cl2N4S2/c22-12-14-3-1-5-17(9-14)28-19-8-7-16(21-24-26-27-25-21)11-20(19)29-18-6-2-4-15(10-18)13-23/h1-11H,12-13H2,(H,24,25,26,27). The van der Waals surface area contributed by atoms with Gasteiger partial charge in [-0.05, 0) is 58.8 Å². The molecule has 8 heteroatoms. The molecule has 0 aliphatic rings. The highest BCUT2D eigenvalue weighted by Gasteiger charge is 2.12. The van der Waals surface area contributed by atoms with Gasteiger partial charge >= 0.3 is 0 Å². The van der Waals surface area contributed by atoms with Crippen LogP contribution in [0.4, 0.5) is 0 Å². The van der Waals surface area contributed by atoms with E-state index in [0.29, 0.717) is 17.6 Å². The van der Waals surface area contributed by atoms with Crippen LogP contribution < -0.4 is 0 Å². The van der Waals surface area contributed by atoms with Crippen LogP contribution in [0.15, 0.2) is 86.3 Å². The molecule has 4 nitrogen and oxygen atoms in total. The average Bonchev–Trinajstić information content (AvgIpc) is 3.30. The molecule has 0 amide bonds. The van der Waals surface area contributed by atoms with E-state index in [-0.39, 0.29) is 0 Å². The number of rotatable bonds is 7. The summed E-state index contributed by atoms with van der Waals surface area (Å²) in [6, 6.07) is 22.7. The van der Waals surface area contributed by atoms with Gasteiger partial charge in [-0.3, -0.25) is 0 Å². The lowest BCUT2D eigenvalue weighted by atomic mass is 10.2. The monoisotopic (exact) mass is 458 g/mol. The maximum Gasteiger partial charge on any atom is 0.204 e. The van der Waals surface area contributed by atoms with Gasteiger partial charge in [0.1, 0.15) is 0 Å². The molecule has 4 aromatic rings. The molecule has 1 N–H and O–H groups in total. The Bertz CT molecular complexity index is 1100. The Hall–Kier alpha value is -1.99. The van der Waals surface area contributed by atoms with Crippen molar-refractivity contribution < 1.29 is 0 Å². The summed E-state index contributed by atoms with van der Waals surface area (Å²) >= 11 is 15.4. The summed E-state index contributed by atoms with van der Waals surface area (Å²) in [6.45, 7) is 0. The predicted octanol–water partition coefficient (Wildman–Crippen LogP) is 6.65. The first-order chi connectivity index (χ1) is 14.2. The van der Waals surface area contributed by atoms with E-state index in [4.69, 9.17) is 23.2 Å². The fourth-order valence-electron chi connectivity index (χ4n) is 2.73. The van der Waals surface area contributed by atoms with Crippen molar-refractivity contribution >= 4 is 46.7 Å². The van der Waals surface area contributed by atoms with Gasteiger partial charge in [-0.15, -0.1) is 33.4 Å². The highest BCUT2D eigenvalue weighted by molar-refractivity contribution is 8.02. The summed E-state index contributed by atoms with van der Waals surface area (Å²) < 4.78 is 0. The van der Waals surface area contributed by atoms with Crippen molar-refractivity contribution in [2.24, 2.45) is 0 Å². The van der Waals surface area contributed by atoms with Gasteiger partial charge in [0, 0.05) is 36.9 Å². The Kier molecular flexibility index (Phi) is 6.77. The van der Waals surface area contributed by atoms with Gasteiger partial charge in [0.15, 0.2) is 0 Å². The van der Waals surface area contributed by atoms with E-state index in [1.807, 2.05) is 30.3 Å². The smallest absolute Gasteiger partial charge is 0.177 e. The molecule has 1 aromatic heterocycles. The zero-order valence-corrected chi connectivity index (χ0v) is 18.3. The van der Waals surface area contributed by atoms with Crippen LogP contribution >= 0.6 is 46.7 Å². The maximum atomic E-state index is 6.01. The average molecular weight is 459 g/mol. The number of aromatic amines is 1. The number of H-pyrrole nitrogens is 1. The summed E-state index contributed by atoms with van der Waals surface area (Å²) in [7, 11) is 0. The molecule has 0 unspecified atom stereocenters. The zero-order valence-electron chi connectivity index (χ0n) is 15.2. The van der Waals surface area contributed by atoms with Crippen LogP contribution in [0.25, 0.3) is 11.4 Å². The number of nitrogens with one attached hydrogen (secondary N) is 1. The van der Waals surface area contributed by atoms with E-state index < -0.39 is 0 Å². The normalized spacial score (nSPS) is 11.0. The molecule has 29 heavy (non-hydrogen) atoms. The number of hydrogen-bond acceptors (Lipinski definition) is 5. The van der Waals surface area contributed by atoms with Crippen LogP contribution in [-0.4, -0.2) is 20.6 Å². The van der Waals surface area contributed by atoms with Gasteiger partial charge in [-0.1, -0.05) is 47.8 Å². The van der Waals surface area contributed by atoms with Crippen molar-refractivity contribution in [3.8, 4) is 11.4 Å². The molecule has 0 saturated carbocycles. The summed E-state index contributed by atoms with van der Waals surface area (Å²) in [5, 5.41) is 14.4. The number of hydrogen-bond donors (Lipinski definition) is 1. The molecule has 3 aromatic carbocycles. The molecule has 0 atom stereocenters. The largest absolute Gasteiger partial charge is 0.204 e. The minimum absolute atomic E-state index is 0.490. The van der Waals surface area contributed by atoms with Crippen molar-refractivity contribution in [2.45, 2.75) is 31.3 Å².